The van der Waals surface area contributed by atoms with Gasteiger partial charge in [0.1, 0.15) is 5.75 Å². The Morgan fingerprint density at radius 1 is 1.09 bits per heavy atom. The molecule has 0 aliphatic heterocycles. The standard InChI is InChI=1S/C21H32O/c1-8-12-22-19-14-18-17(13-16(19)15(3)9-2)20(4,5)10-11-21(18,6)7/h9,13-14H,8,10-12H2,1-7H3/b15-9-. The summed E-state index contributed by atoms with van der Waals surface area (Å²) < 4.78 is 6.10. The first-order valence-corrected chi connectivity index (χ1v) is 8.68. The number of hydrogen-bond donors (Lipinski definition) is 0. The summed E-state index contributed by atoms with van der Waals surface area (Å²) in [6.07, 6.45) is 5.71. The minimum Gasteiger partial charge on any atom is -0.493 e. The van der Waals surface area contributed by atoms with Crippen LogP contribution in [0.15, 0.2) is 18.2 Å². The maximum Gasteiger partial charge on any atom is 0.127 e. The lowest BCUT2D eigenvalue weighted by Crippen LogP contribution is -2.34. The van der Waals surface area contributed by atoms with Crippen LogP contribution in [0.2, 0.25) is 0 Å². The van der Waals surface area contributed by atoms with E-state index in [-0.39, 0.29) is 10.8 Å². The van der Waals surface area contributed by atoms with Gasteiger partial charge in [0.2, 0.25) is 0 Å². The molecule has 0 fully saturated rings. The average molecular weight is 300 g/mol. The van der Waals surface area contributed by atoms with E-state index in [1.807, 2.05) is 0 Å². The van der Waals surface area contributed by atoms with Crippen molar-refractivity contribution in [2.24, 2.45) is 0 Å². The van der Waals surface area contributed by atoms with E-state index in [9.17, 15) is 0 Å². The minimum atomic E-state index is 0.234. The molecular formula is C21H32O. The summed E-state index contributed by atoms with van der Waals surface area (Å²) in [6, 6.07) is 4.73. The summed E-state index contributed by atoms with van der Waals surface area (Å²) in [6.45, 7) is 16.7. The Morgan fingerprint density at radius 2 is 1.64 bits per heavy atom. The predicted molar refractivity (Wildman–Crippen MR) is 96.8 cm³/mol. The summed E-state index contributed by atoms with van der Waals surface area (Å²) in [7, 11) is 0. The monoisotopic (exact) mass is 300 g/mol. The van der Waals surface area contributed by atoms with E-state index >= 15 is 0 Å². The van der Waals surface area contributed by atoms with Gasteiger partial charge in [0.15, 0.2) is 0 Å². The summed E-state index contributed by atoms with van der Waals surface area (Å²) in [5, 5.41) is 0. The van der Waals surface area contributed by atoms with Gasteiger partial charge in [0.05, 0.1) is 6.61 Å². The van der Waals surface area contributed by atoms with Crippen molar-refractivity contribution in [3.05, 3.63) is 34.9 Å². The highest BCUT2D eigenvalue weighted by atomic mass is 16.5. The second-order valence-electron chi connectivity index (χ2n) is 7.98. The van der Waals surface area contributed by atoms with Gasteiger partial charge in [-0.2, -0.15) is 0 Å². The van der Waals surface area contributed by atoms with Crippen molar-refractivity contribution in [1.29, 1.82) is 0 Å². The van der Waals surface area contributed by atoms with Gasteiger partial charge in [-0.05, 0) is 72.8 Å². The molecule has 1 nitrogen and oxygen atoms in total. The molecular weight excluding hydrogens is 268 g/mol. The molecule has 0 atom stereocenters. The third-order valence-corrected chi connectivity index (χ3v) is 5.27. The highest BCUT2D eigenvalue weighted by molar-refractivity contribution is 5.71. The molecule has 1 aromatic rings. The van der Waals surface area contributed by atoms with Crippen molar-refractivity contribution < 1.29 is 4.74 Å². The van der Waals surface area contributed by atoms with Crippen LogP contribution in [0.3, 0.4) is 0 Å². The molecule has 1 heteroatoms. The van der Waals surface area contributed by atoms with E-state index < -0.39 is 0 Å². The maximum atomic E-state index is 6.10. The molecule has 0 amide bonds. The summed E-state index contributed by atoms with van der Waals surface area (Å²) in [4.78, 5) is 0. The van der Waals surface area contributed by atoms with E-state index in [0.717, 1.165) is 18.8 Å². The molecule has 0 N–H and O–H groups in total. The van der Waals surface area contributed by atoms with Gasteiger partial charge in [0.25, 0.3) is 0 Å². The quantitative estimate of drug-likeness (QED) is 0.638. The molecule has 0 bridgehead atoms. The lowest BCUT2D eigenvalue weighted by molar-refractivity contribution is 0.306. The molecule has 2 rings (SSSR count). The number of ether oxygens (including phenoxy) is 1. The lowest BCUT2D eigenvalue weighted by Gasteiger charge is -2.42. The molecule has 0 aromatic heterocycles. The van der Waals surface area contributed by atoms with Crippen molar-refractivity contribution in [2.75, 3.05) is 6.61 Å². The van der Waals surface area contributed by atoms with Crippen LogP contribution >= 0.6 is 0 Å². The van der Waals surface area contributed by atoms with Crippen molar-refractivity contribution in [2.45, 2.75) is 78.6 Å². The fourth-order valence-electron chi connectivity index (χ4n) is 3.39. The number of rotatable bonds is 4. The molecule has 0 radical (unpaired) electrons. The second kappa shape index (κ2) is 6.10. The molecule has 0 spiro atoms. The van der Waals surface area contributed by atoms with Crippen LogP contribution in [0, 0.1) is 0 Å². The van der Waals surface area contributed by atoms with Crippen LogP contribution < -0.4 is 4.74 Å². The van der Waals surface area contributed by atoms with Gasteiger partial charge in [-0.1, -0.05) is 40.7 Å². The molecule has 0 unspecified atom stereocenters. The Balaban J connectivity index is 2.66. The fraction of sp³-hybridized carbons (Fsp3) is 0.619. The van der Waals surface area contributed by atoms with E-state index in [1.165, 1.54) is 35.1 Å². The van der Waals surface area contributed by atoms with Crippen molar-refractivity contribution >= 4 is 5.57 Å². The molecule has 0 saturated carbocycles. The Kier molecular flexibility index (Phi) is 4.75. The Hall–Kier alpha value is -1.24. The Morgan fingerprint density at radius 3 is 2.14 bits per heavy atom. The average Bonchev–Trinajstić information content (AvgIpc) is 2.48. The second-order valence-corrected chi connectivity index (χ2v) is 7.98. The number of fused-ring (bicyclic) bond motifs is 1. The number of allylic oxidation sites excluding steroid dienone is 2. The van der Waals surface area contributed by atoms with Crippen molar-refractivity contribution in [1.82, 2.24) is 0 Å². The zero-order valence-corrected chi connectivity index (χ0v) is 15.5. The molecule has 122 valence electrons. The van der Waals surface area contributed by atoms with Crippen LogP contribution in [0.1, 0.15) is 84.4 Å². The first-order chi connectivity index (χ1) is 10.2. The number of hydrogen-bond acceptors (Lipinski definition) is 1. The van der Waals surface area contributed by atoms with Gasteiger partial charge >= 0.3 is 0 Å². The fourth-order valence-corrected chi connectivity index (χ4v) is 3.39. The first kappa shape index (κ1) is 17.1. The van der Waals surface area contributed by atoms with Crippen LogP contribution in [0.25, 0.3) is 5.57 Å². The zero-order valence-electron chi connectivity index (χ0n) is 15.5. The van der Waals surface area contributed by atoms with E-state index in [4.69, 9.17) is 4.74 Å². The molecule has 22 heavy (non-hydrogen) atoms. The van der Waals surface area contributed by atoms with Crippen LogP contribution in [0.5, 0.6) is 5.75 Å². The number of benzene rings is 1. The Labute approximate surface area is 136 Å². The van der Waals surface area contributed by atoms with E-state index in [2.05, 4.69) is 66.7 Å². The largest absolute Gasteiger partial charge is 0.493 e. The predicted octanol–water partition coefficient (Wildman–Crippen LogP) is 6.25. The normalized spacial score (nSPS) is 19.7. The Bertz CT molecular complexity index is 576. The topological polar surface area (TPSA) is 9.23 Å². The van der Waals surface area contributed by atoms with Crippen LogP contribution in [-0.4, -0.2) is 6.61 Å². The third kappa shape index (κ3) is 3.09. The van der Waals surface area contributed by atoms with E-state index in [1.54, 1.807) is 0 Å². The summed E-state index contributed by atoms with van der Waals surface area (Å²) in [5.41, 5.74) is 6.02. The third-order valence-electron chi connectivity index (χ3n) is 5.27. The van der Waals surface area contributed by atoms with Gasteiger partial charge in [-0.3, -0.25) is 0 Å². The maximum absolute atomic E-state index is 6.10. The van der Waals surface area contributed by atoms with Gasteiger partial charge < -0.3 is 4.74 Å². The minimum absolute atomic E-state index is 0.234. The SMILES string of the molecule is C/C=C(/C)c1cc2c(cc1OCCC)C(C)(C)CCC2(C)C. The molecule has 1 aliphatic rings. The molecule has 0 saturated heterocycles. The molecule has 1 aliphatic carbocycles. The highest BCUT2D eigenvalue weighted by Gasteiger charge is 2.37. The summed E-state index contributed by atoms with van der Waals surface area (Å²) in [5.74, 6) is 1.06. The lowest BCUT2D eigenvalue weighted by atomic mass is 9.62. The zero-order chi connectivity index (χ0) is 16.5. The van der Waals surface area contributed by atoms with Crippen LogP contribution in [0.4, 0.5) is 0 Å². The molecule has 0 heterocycles. The van der Waals surface area contributed by atoms with Crippen LogP contribution in [-0.2, 0) is 10.8 Å². The van der Waals surface area contributed by atoms with E-state index in [0.29, 0.717) is 0 Å². The smallest absolute Gasteiger partial charge is 0.127 e. The summed E-state index contributed by atoms with van der Waals surface area (Å²) >= 11 is 0. The van der Waals surface area contributed by atoms with Gasteiger partial charge in [0, 0.05) is 5.56 Å². The van der Waals surface area contributed by atoms with Gasteiger partial charge in [-0.25, -0.2) is 0 Å². The van der Waals surface area contributed by atoms with Gasteiger partial charge in [-0.15, -0.1) is 0 Å². The van der Waals surface area contributed by atoms with Crippen molar-refractivity contribution in [3.8, 4) is 5.75 Å². The van der Waals surface area contributed by atoms with Crippen molar-refractivity contribution in [3.63, 3.8) is 0 Å². The highest BCUT2D eigenvalue weighted by Crippen LogP contribution is 2.48. The first-order valence-electron chi connectivity index (χ1n) is 8.68. The molecule has 1 aromatic carbocycles.